The van der Waals surface area contributed by atoms with Crippen LogP contribution in [-0.2, 0) is 5.41 Å². The van der Waals surface area contributed by atoms with Crippen LogP contribution in [-0.4, -0.2) is 24.9 Å². The van der Waals surface area contributed by atoms with E-state index in [0.29, 0.717) is 23.3 Å². The van der Waals surface area contributed by atoms with E-state index >= 15 is 0 Å². The van der Waals surface area contributed by atoms with Crippen LogP contribution in [0.5, 0.6) is 0 Å². The van der Waals surface area contributed by atoms with E-state index in [1.54, 1.807) is 0 Å². The molecule has 0 aliphatic heterocycles. The van der Waals surface area contributed by atoms with Gasteiger partial charge in [0.2, 0.25) is 0 Å². The molecule has 0 fully saturated rings. The second-order valence-electron chi connectivity index (χ2n) is 16.1. The van der Waals surface area contributed by atoms with E-state index in [-0.39, 0.29) is 5.41 Å². The fourth-order valence-electron chi connectivity index (χ4n) is 8.92. The average molecular weight is 782 g/mol. The van der Waals surface area contributed by atoms with E-state index in [1.165, 1.54) is 22.3 Å². The van der Waals surface area contributed by atoms with E-state index in [0.717, 1.165) is 66.7 Å². The van der Waals surface area contributed by atoms with Crippen LogP contribution in [0.25, 0.3) is 101 Å². The van der Waals surface area contributed by atoms with Gasteiger partial charge in [0.15, 0.2) is 23.3 Å². The van der Waals surface area contributed by atoms with E-state index in [2.05, 4.69) is 129 Å². The maximum absolute atomic E-state index is 5.28. The van der Waals surface area contributed by atoms with Crippen LogP contribution in [0.1, 0.15) is 25.0 Å². The highest BCUT2D eigenvalue weighted by Gasteiger charge is 2.37. The molecule has 0 saturated carbocycles. The maximum Gasteiger partial charge on any atom is 0.164 e. The van der Waals surface area contributed by atoms with Crippen LogP contribution in [0, 0.1) is 0 Å². The molecule has 0 bridgehead atoms. The number of fused-ring (bicyclic) bond motifs is 4. The third-order valence-corrected chi connectivity index (χ3v) is 12.0. The monoisotopic (exact) mass is 781 g/mol. The fourth-order valence-corrected chi connectivity index (χ4v) is 8.92. The molecular formula is C56H39N5. The predicted molar refractivity (Wildman–Crippen MR) is 249 cm³/mol. The van der Waals surface area contributed by atoms with Gasteiger partial charge in [-0.2, -0.15) is 0 Å². The van der Waals surface area contributed by atoms with Crippen LogP contribution in [0.3, 0.4) is 0 Å². The van der Waals surface area contributed by atoms with Crippen LogP contribution in [0.15, 0.2) is 200 Å². The molecule has 2 heterocycles. The zero-order chi connectivity index (χ0) is 40.9. The molecule has 5 heteroatoms. The number of nitrogens with zero attached hydrogens (tertiary/aromatic N) is 5. The molecule has 0 unspecified atom stereocenters. The zero-order valence-corrected chi connectivity index (χ0v) is 33.8. The molecular weight excluding hydrogens is 743 g/mol. The summed E-state index contributed by atoms with van der Waals surface area (Å²) < 4.78 is 0. The minimum Gasteiger partial charge on any atom is -0.228 e. The highest BCUT2D eigenvalue weighted by molar-refractivity contribution is 6.05. The number of rotatable bonds is 7. The van der Waals surface area contributed by atoms with Gasteiger partial charge < -0.3 is 0 Å². The van der Waals surface area contributed by atoms with E-state index in [9.17, 15) is 0 Å². The SMILES string of the molecule is CC1(C)c2ccc(-c3ccc(-c4nc(-c5ccccc5)nc(-c5ccccc5)n4)c4ccccc34)cc2-c2c(-c3cc(-c4ccccc4)nc(-c4ccccc4)n3)cccc21. The lowest BCUT2D eigenvalue weighted by atomic mass is 9.81. The van der Waals surface area contributed by atoms with E-state index in [4.69, 9.17) is 24.9 Å². The standard InChI is InChI=1S/C56H39N5/c1-56(2)47-33-30-40(34-46(47)51-45(28-17-29-48(51)56)50-35-49(36-18-7-3-8-19-36)57-52(58-50)37-20-9-4-10-21-37)41-31-32-44(43-27-16-15-26-42(41)43)55-60-53(38-22-11-5-12-23-38)59-54(61-55)39-24-13-6-14-25-39/h3-35H,1-2H3. The Morgan fingerprint density at radius 3 is 1.39 bits per heavy atom. The quantitative estimate of drug-likeness (QED) is 0.161. The predicted octanol–water partition coefficient (Wildman–Crippen LogP) is 13.8. The van der Waals surface area contributed by atoms with Gasteiger partial charge in [0.25, 0.3) is 0 Å². The second kappa shape index (κ2) is 14.7. The van der Waals surface area contributed by atoms with Gasteiger partial charge in [-0.3, -0.25) is 0 Å². The Kier molecular flexibility index (Phi) is 8.75. The minimum absolute atomic E-state index is 0.214. The summed E-state index contributed by atoms with van der Waals surface area (Å²) in [6.45, 7) is 4.66. The largest absolute Gasteiger partial charge is 0.228 e. The van der Waals surface area contributed by atoms with E-state index < -0.39 is 0 Å². The summed E-state index contributed by atoms with van der Waals surface area (Å²) in [5.41, 5.74) is 14.9. The Labute approximate surface area is 355 Å². The Balaban J connectivity index is 1.07. The molecule has 61 heavy (non-hydrogen) atoms. The first-order valence-electron chi connectivity index (χ1n) is 20.7. The van der Waals surface area contributed by atoms with Crippen molar-refractivity contribution in [3.8, 4) is 90.3 Å². The summed E-state index contributed by atoms with van der Waals surface area (Å²) in [7, 11) is 0. The van der Waals surface area contributed by atoms with Gasteiger partial charge in [-0.15, -0.1) is 0 Å². The molecule has 2 aromatic heterocycles. The van der Waals surface area contributed by atoms with Crippen LogP contribution in [0.4, 0.5) is 0 Å². The Bertz CT molecular complexity index is 3140. The highest BCUT2D eigenvalue weighted by atomic mass is 15.0. The van der Waals surface area contributed by atoms with Crippen LogP contribution < -0.4 is 0 Å². The maximum atomic E-state index is 5.28. The summed E-state index contributed by atoms with van der Waals surface area (Å²) in [6, 6.07) is 69.7. The van der Waals surface area contributed by atoms with Crippen LogP contribution >= 0.6 is 0 Å². The topological polar surface area (TPSA) is 64.5 Å². The molecule has 0 saturated heterocycles. The molecule has 11 rings (SSSR count). The third kappa shape index (κ3) is 6.39. The molecule has 10 aromatic rings. The second-order valence-corrected chi connectivity index (χ2v) is 16.1. The highest BCUT2D eigenvalue weighted by Crippen LogP contribution is 2.53. The lowest BCUT2D eigenvalue weighted by Gasteiger charge is -2.22. The first kappa shape index (κ1) is 36.2. The molecule has 8 aromatic carbocycles. The first-order chi connectivity index (χ1) is 30.0. The summed E-state index contributed by atoms with van der Waals surface area (Å²) in [5.74, 6) is 2.63. The normalized spacial score (nSPS) is 12.6. The molecule has 1 aliphatic carbocycles. The molecule has 0 spiro atoms. The van der Waals surface area contributed by atoms with Crippen molar-refractivity contribution in [2.45, 2.75) is 19.3 Å². The van der Waals surface area contributed by atoms with Crippen molar-refractivity contribution >= 4 is 10.8 Å². The van der Waals surface area contributed by atoms with Crippen molar-refractivity contribution in [1.82, 2.24) is 24.9 Å². The van der Waals surface area contributed by atoms with Gasteiger partial charge in [0.1, 0.15) is 0 Å². The van der Waals surface area contributed by atoms with E-state index in [1.807, 2.05) is 84.9 Å². The molecule has 0 N–H and O–H groups in total. The molecule has 5 nitrogen and oxygen atoms in total. The number of hydrogen-bond donors (Lipinski definition) is 0. The smallest absolute Gasteiger partial charge is 0.164 e. The van der Waals surface area contributed by atoms with Gasteiger partial charge in [-0.1, -0.05) is 196 Å². The summed E-state index contributed by atoms with van der Waals surface area (Å²) in [6.07, 6.45) is 0. The summed E-state index contributed by atoms with van der Waals surface area (Å²) in [4.78, 5) is 25.5. The average Bonchev–Trinajstić information content (AvgIpc) is 3.57. The van der Waals surface area contributed by atoms with Gasteiger partial charge in [-0.05, 0) is 62.4 Å². The summed E-state index contributed by atoms with van der Waals surface area (Å²) in [5, 5.41) is 2.21. The molecule has 0 radical (unpaired) electrons. The first-order valence-corrected chi connectivity index (χ1v) is 20.7. The van der Waals surface area contributed by atoms with Crippen molar-refractivity contribution in [1.29, 1.82) is 0 Å². The van der Waals surface area contributed by atoms with Gasteiger partial charge in [0.05, 0.1) is 11.4 Å². The number of benzene rings is 8. The van der Waals surface area contributed by atoms with Crippen LogP contribution in [0.2, 0.25) is 0 Å². The minimum atomic E-state index is -0.214. The lowest BCUT2D eigenvalue weighted by Crippen LogP contribution is -2.14. The summed E-state index contributed by atoms with van der Waals surface area (Å²) >= 11 is 0. The van der Waals surface area contributed by atoms with Crippen molar-refractivity contribution in [3.05, 3.63) is 211 Å². The molecule has 1 aliphatic rings. The Morgan fingerprint density at radius 1 is 0.295 bits per heavy atom. The van der Waals surface area contributed by atoms with Crippen molar-refractivity contribution in [3.63, 3.8) is 0 Å². The third-order valence-electron chi connectivity index (χ3n) is 12.0. The Hall–Kier alpha value is -7.89. The van der Waals surface area contributed by atoms with Crippen molar-refractivity contribution in [2.75, 3.05) is 0 Å². The fraction of sp³-hybridized carbons (Fsp3) is 0.0536. The zero-order valence-electron chi connectivity index (χ0n) is 33.8. The van der Waals surface area contributed by atoms with Crippen molar-refractivity contribution in [2.24, 2.45) is 0 Å². The number of aromatic nitrogens is 5. The van der Waals surface area contributed by atoms with Gasteiger partial charge in [-0.25, -0.2) is 24.9 Å². The molecule has 0 amide bonds. The Morgan fingerprint density at radius 2 is 0.787 bits per heavy atom. The molecule has 0 atom stereocenters. The number of hydrogen-bond acceptors (Lipinski definition) is 5. The molecule has 288 valence electrons. The van der Waals surface area contributed by atoms with Gasteiger partial charge >= 0.3 is 0 Å². The lowest BCUT2D eigenvalue weighted by molar-refractivity contribution is 0.660. The van der Waals surface area contributed by atoms with Crippen molar-refractivity contribution < 1.29 is 0 Å². The van der Waals surface area contributed by atoms with Gasteiger partial charge in [0, 0.05) is 38.8 Å².